The number of hydrogen-bond acceptors (Lipinski definition) is 2. The third-order valence-corrected chi connectivity index (χ3v) is 3.33. The number of benzene rings is 1. The lowest BCUT2D eigenvalue weighted by Crippen LogP contribution is -1.94. The molecule has 0 amide bonds. The lowest BCUT2D eigenvalue weighted by atomic mass is 10.1. The zero-order chi connectivity index (χ0) is 8.55. The maximum Gasteiger partial charge on any atom is 0.0959 e. The lowest BCUT2D eigenvalue weighted by molar-refractivity contribution is 0.686. The van der Waals surface area contributed by atoms with Crippen molar-refractivity contribution in [2.45, 2.75) is 18.2 Å². The molecule has 12 heavy (non-hydrogen) atoms. The average Bonchev–Trinajstić information content (AvgIpc) is 2.47. The Morgan fingerprint density at radius 1 is 1.58 bits per heavy atom. The summed E-state index contributed by atoms with van der Waals surface area (Å²) in [7, 11) is -0.821. The van der Waals surface area contributed by atoms with E-state index in [9.17, 15) is 4.21 Å². The molecule has 0 aromatic heterocycles. The molecule has 0 saturated heterocycles. The van der Waals surface area contributed by atoms with Crippen molar-refractivity contribution in [1.82, 2.24) is 0 Å². The van der Waals surface area contributed by atoms with Gasteiger partial charge in [0.15, 0.2) is 0 Å². The van der Waals surface area contributed by atoms with E-state index in [-0.39, 0.29) is 0 Å². The third kappa shape index (κ3) is 1.14. The van der Waals surface area contributed by atoms with Gasteiger partial charge in [-0.05, 0) is 24.1 Å². The first kappa shape index (κ1) is 7.80. The zero-order valence-corrected chi connectivity index (χ0v) is 7.78. The van der Waals surface area contributed by atoms with Gasteiger partial charge in [0.05, 0.1) is 27.3 Å². The van der Waals surface area contributed by atoms with Gasteiger partial charge in [0.2, 0.25) is 0 Å². The summed E-state index contributed by atoms with van der Waals surface area (Å²) in [6.45, 7) is 2.10. The molecule has 1 aliphatic rings. The van der Waals surface area contributed by atoms with Gasteiger partial charge in [-0.2, -0.15) is 0 Å². The monoisotopic (exact) mass is 181 g/mol. The van der Waals surface area contributed by atoms with Crippen LogP contribution in [-0.2, 0) is 17.2 Å². The van der Waals surface area contributed by atoms with E-state index >= 15 is 0 Å². The molecule has 1 N–H and O–H groups in total. The number of rotatable bonds is 1. The summed E-state index contributed by atoms with van der Waals surface area (Å²) in [5, 5.41) is 3.10. The Bertz CT molecular complexity index is 335. The van der Waals surface area contributed by atoms with Crippen LogP contribution in [0.5, 0.6) is 0 Å². The van der Waals surface area contributed by atoms with Crippen LogP contribution in [0.25, 0.3) is 0 Å². The highest BCUT2D eigenvalue weighted by Crippen LogP contribution is 2.26. The highest BCUT2D eigenvalue weighted by Gasteiger charge is 2.16. The summed E-state index contributed by atoms with van der Waals surface area (Å²) in [5.41, 5.74) is 2.29. The molecule has 1 aliphatic heterocycles. The van der Waals surface area contributed by atoms with Gasteiger partial charge in [-0.1, -0.05) is 13.0 Å². The van der Waals surface area contributed by atoms with Crippen LogP contribution >= 0.6 is 0 Å². The maximum absolute atomic E-state index is 11.4. The second-order valence-corrected chi connectivity index (χ2v) is 4.27. The van der Waals surface area contributed by atoms with Gasteiger partial charge in [-0.15, -0.1) is 0 Å². The predicted octanol–water partition coefficient (Wildman–Crippen LogP) is 1.74. The van der Waals surface area contributed by atoms with E-state index < -0.39 is 10.8 Å². The molecule has 1 aromatic rings. The van der Waals surface area contributed by atoms with E-state index in [1.54, 1.807) is 0 Å². The molecule has 0 fully saturated rings. The van der Waals surface area contributed by atoms with Crippen LogP contribution in [-0.4, -0.2) is 10.1 Å². The Kier molecular flexibility index (Phi) is 1.89. The number of anilines is 1. The van der Waals surface area contributed by atoms with Gasteiger partial charge in [0.1, 0.15) is 0 Å². The fourth-order valence-electron chi connectivity index (χ4n) is 1.34. The minimum atomic E-state index is -0.821. The van der Waals surface area contributed by atoms with E-state index in [2.05, 4.69) is 18.3 Å². The van der Waals surface area contributed by atoms with Gasteiger partial charge in [0.25, 0.3) is 0 Å². The fourth-order valence-corrected chi connectivity index (χ4v) is 2.45. The highest BCUT2D eigenvalue weighted by atomic mass is 32.2. The van der Waals surface area contributed by atoms with Crippen LogP contribution in [0.1, 0.15) is 12.5 Å². The number of aryl methyl sites for hydroxylation is 1. The first-order valence-electron chi connectivity index (χ1n) is 4.06. The fraction of sp³-hybridized carbons (Fsp3) is 0.333. The van der Waals surface area contributed by atoms with Gasteiger partial charge < -0.3 is 5.32 Å². The molecule has 0 bridgehead atoms. The molecule has 2 rings (SSSR count). The topological polar surface area (TPSA) is 29.1 Å². The quantitative estimate of drug-likeness (QED) is 0.715. The van der Waals surface area contributed by atoms with E-state index in [1.807, 2.05) is 12.1 Å². The molecule has 0 radical (unpaired) electrons. The van der Waals surface area contributed by atoms with Crippen molar-refractivity contribution in [2.75, 3.05) is 11.2 Å². The zero-order valence-electron chi connectivity index (χ0n) is 6.96. The molecular formula is C9H11NOS. The standard InChI is InChI=1S/C9H11NOS/c1-2-7-3-4-8-9(5-7)12(11)6-10-8/h3-5,10H,2,6H2,1H3. The molecule has 2 nitrogen and oxygen atoms in total. The van der Waals surface area contributed by atoms with E-state index in [1.165, 1.54) is 5.56 Å². The van der Waals surface area contributed by atoms with Crippen molar-refractivity contribution < 1.29 is 4.21 Å². The van der Waals surface area contributed by atoms with Crippen molar-refractivity contribution >= 4 is 16.5 Å². The smallest absolute Gasteiger partial charge is 0.0959 e. The Hall–Kier alpha value is -0.830. The second kappa shape index (κ2) is 2.90. The molecule has 64 valence electrons. The minimum Gasteiger partial charge on any atom is -0.372 e. The third-order valence-electron chi connectivity index (χ3n) is 2.09. The summed E-state index contributed by atoms with van der Waals surface area (Å²) in [5.74, 6) is 0.572. The maximum atomic E-state index is 11.4. The van der Waals surface area contributed by atoms with Crippen molar-refractivity contribution in [3.63, 3.8) is 0 Å². The van der Waals surface area contributed by atoms with Crippen molar-refractivity contribution in [3.8, 4) is 0 Å². The van der Waals surface area contributed by atoms with Gasteiger partial charge in [-0.25, -0.2) is 0 Å². The molecular weight excluding hydrogens is 170 g/mol. The molecule has 0 aliphatic carbocycles. The average molecular weight is 181 g/mol. The number of nitrogens with one attached hydrogen (secondary N) is 1. The van der Waals surface area contributed by atoms with E-state index in [4.69, 9.17) is 0 Å². The van der Waals surface area contributed by atoms with Gasteiger partial charge in [0, 0.05) is 0 Å². The van der Waals surface area contributed by atoms with Crippen LogP contribution < -0.4 is 5.32 Å². The number of hydrogen-bond donors (Lipinski definition) is 1. The summed E-state index contributed by atoms with van der Waals surface area (Å²) >= 11 is 0. The largest absolute Gasteiger partial charge is 0.372 e. The Balaban J connectivity index is 2.50. The molecule has 3 heteroatoms. The minimum absolute atomic E-state index is 0.572. The van der Waals surface area contributed by atoms with Crippen LogP contribution in [0, 0.1) is 0 Å². The lowest BCUT2D eigenvalue weighted by Gasteiger charge is -1.99. The predicted molar refractivity (Wildman–Crippen MR) is 50.7 cm³/mol. The summed E-state index contributed by atoms with van der Waals surface area (Å²) in [6, 6.07) is 6.12. The van der Waals surface area contributed by atoms with Crippen molar-refractivity contribution in [3.05, 3.63) is 23.8 Å². The Labute approximate surface area is 74.4 Å². The van der Waals surface area contributed by atoms with Crippen LogP contribution in [0.3, 0.4) is 0 Å². The van der Waals surface area contributed by atoms with Crippen molar-refractivity contribution in [1.29, 1.82) is 0 Å². The van der Waals surface area contributed by atoms with E-state index in [0.29, 0.717) is 5.88 Å². The molecule has 1 aromatic carbocycles. The second-order valence-electron chi connectivity index (χ2n) is 2.85. The van der Waals surface area contributed by atoms with Crippen LogP contribution in [0.4, 0.5) is 5.69 Å². The van der Waals surface area contributed by atoms with Crippen molar-refractivity contribution in [2.24, 2.45) is 0 Å². The first-order valence-corrected chi connectivity index (χ1v) is 5.38. The first-order chi connectivity index (χ1) is 5.81. The molecule has 1 atom stereocenters. The summed E-state index contributed by atoms with van der Waals surface area (Å²) < 4.78 is 11.4. The molecule has 1 heterocycles. The Morgan fingerprint density at radius 3 is 3.17 bits per heavy atom. The normalized spacial score (nSPS) is 20.2. The van der Waals surface area contributed by atoms with Crippen LogP contribution in [0.15, 0.2) is 23.1 Å². The van der Waals surface area contributed by atoms with Gasteiger partial charge in [-0.3, -0.25) is 4.21 Å². The number of fused-ring (bicyclic) bond motifs is 1. The molecule has 0 saturated carbocycles. The SMILES string of the molecule is CCc1ccc2c(c1)S(=O)CN2. The molecule has 0 spiro atoms. The molecule has 1 unspecified atom stereocenters. The van der Waals surface area contributed by atoms with E-state index in [0.717, 1.165) is 17.0 Å². The Morgan fingerprint density at radius 2 is 2.42 bits per heavy atom. The highest BCUT2D eigenvalue weighted by molar-refractivity contribution is 7.85. The van der Waals surface area contributed by atoms with Gasteiger partial charge >= 0.3 is 0 Å². The summed E-state index contributed by atoms with van der Waals surface area (Å²) in [6.07, 6.45) is 1.00. The van der Waals surface area contributed by atoms with Crippen LogP contribution in [0.2, 0.25) is 0 Å². The summed E-state index contributed by atoms with van der Waals surface area (Å²) in [4.78, 5) is 0.967.